The Morgan fingerprint density at radius 3 is 2.15 bits per heavy atom. The van der Waals surface area contributed by atoms with E-state index in [-0.39, 0.29) is 23.9 Å². The number of rotatable bonds is 11. The van der Waals surface area contributed by atoms with Crippen molar-refractivity contribution in [3.8, 4) is 5.75 Å². The van der Waals surface area contributed by atoms with Crippen LogP contribution in [0.4, 0.5) is 0 Å². The van der Waals surface area contributed by atoms with Crippen LogP contribution in [-0.2, 0) is 17.9 Å². The molecule has 3 aromatic carbocycles. The zero-order chi connectivity index (χ0) is 27.8. The molecule has 0 unspecified atom stereocenters. The van der Waals surface area contributed by atoms with Crippen LogP contribution in [0.5, 0.6) is 5.75 Å². The average molecular weight is 526 g/mol. The predicted molar refractivity (Wildman–Crippen MR) is 150 cm³/mol. The second-order valence-corrected chi connectivity index (χ2v) is 10.1. The molecule has 4 aromatic rings. The molecule has 39 heavy (non-hydrogen) atoms. The summed E-state index contributed by atoms with van der Waals surface area (Å²) in [5.41, 5.74) is 1.02. The van der Waals surface area contributed by atoms with E-state index in [9.17, 15) is 9.59 Å². The lowest BCUT2D eigenvalue weighted by Crippen LogP contribution is -2.59. The van der Waals surface area contributed by atoms with Gasteiger partial charge < -0.3 is 15.0 Å². The van der Waals surface area contributed by atoms with Crippen molar-refractivity contribution < 1.29 is 14.3 Å². The van der Waals surface area contributed by atoms with Gasteiger partial charge in [-0.05, 0) is 57.5 Å². The third-order valence-electron chi connectivity index (χ3n) is 6.62. The van der Waals surface area contributed by atoms with Crippen LogP contribution in [0.15, 0.2) is 97.2 Å². The summed E-state index contributed by atoms with van der Waals surface area (Å²) in [6.45, 7) is 8.13. The van der Waals surface area contributed by atoms with Crippen LogP contribution < -0.4 is 10.1 Å². The van der Waals surface area contributed by atoms with Crippen molar-refractivity contribution in [3.63, 3.8) is 0 Å². The molecule has 1 heterocycles. The second-order valence-electron chi connectivity index (χ2n) is 10.1. The molecule has 0 fully saturated rings. The summed E-state index contributed by atoms with van der Waals surface area (Å²) in [5, 5.41) is 11.4. The largest absolute Gasteiger partial charge is 0.487 e. The summed E-state index contributed by atoms with van der Waals surface area (Å²) >= 11 is 0. The number of nitrogens with zero attached hydrogens (tertiary/aromatic N) is 4. The summed E-state index contributed by atoms with van der Waals surface area (Å²) in [6, 6.07) is 27.7. The van der Waals surface area contributed by atoms with Gasteiger partial charge in [-0.1, -0.05) is 71.9 Å². The molecule has 0 radical (unpaired) electrons. The first-order valence-electron chi connectivity index (χ1n) is 13.1. The first-order chi connectivity index (χ1) is 18.8. The van der Waals surface area contributed by atoms with Crippen molar-refractivity contribution >= 4 is 11.8 Å². The molecule has 0 saturated carbocycles. The van der Waals surface area contributed by atoms with Crippen molar-refractivity contribution in [2.24, 2.45) is 0 Å². The number of hydrogen-bond donors (Lipinski definition) is 1. The van der Waals surface area contributed by atoms with E-state index in [1.165, 1.54) is 0 Å². The van der Waals surface area contributed by atoms with Crippen LogP contribution in [0, 0.1) is 0 Å². The van der Waals surface area contributed by atoms with Gasteiger partial charge in [-0.2, -0.15) is 0 Å². The molecule has 0 saturated heterocycles. The standard InChI is InChI=1S/C31H35N5O3/c1-23(20-35-21-27(33-34-35)22-39-28-18-12-7-13-19-28)32-30(38)31(3,4)36(24(2)25-14-8-5-9-15-25)29(37)26-16-10-6-11-17-26/h5-19,21,23-24H,20,22H2,1-4H3,(H,32,38)/t23-,24-/m0/s1. The second kappa shape index (κ2) is 12.4. The van der Waals surface area contributed by atoms with Crippen molar-refractivity contribution in [1.29, 1.82) is 0 Å². The van der Waals surface area contributed by atoms with E-state index in [1.54, 1.807) is 41.8 Å². The lowest BCUT2D eigenvalue weighted by molar-refractivity contribution is -0.132. The summed E-state index contributed by atoms with van der Waals surface area (Å²) in [4.78, 5) is 29.1. The molecule has 202 valence electrons. The molecular formula is C31H35N5O3. The Hall–Kier alpha value is -4.46. The Labute approximate surface area is 229 Å². The van der Waals surface area contributed by atoms with Crippen LogP contribution >= 0.6 is 0 Å². The Morgan fingerprint density at radius 2 is 1.51 bits per heavy atom. The number of ether oxygens (including phenoxy) is 1. The fraction of sp³-hybridized carbons (Fsp3) is 0.290. The third kappa shape index (κ3) is 6.90. The highest BCUT2D eigenvalue weighted by Crippen LogP contribution is 2.30. The summed E-state index contributed by atoms with van der Waals surface area (Å²) in [6.07, 6.45) is 1.81. The maximum atomic E-state index is 13.8. The Kier molecular flexibility index (Phi) is 8.76. The van der Waals surface area contributed by atoms with E-state index >= 15 is 0 Å². The molecule has 1 aromatic heterocycles. The number of hydrogen-bond acceptors (Lipinski definition) is 5. The van der Waals surface area contributed by atoms with Gasteiger partial charge in [-0.15, -0.1) is 5.10 Å². The molecule has 8 nitrogen and oxygen atoms in total. The van der Waals surface area contributed by atoms with Crippen molar-refractivity contribution in [1.82, 2.24) is 25.2 Å². The molecule has 2 atom stereocenters. The Balaban J connectivity index is 1.45. The third-order valence-corrected chi connectivity index (χ3v) is 6.62. The van der Waals surface area contributed by atoms with Gasteiger partial charge in [0.1, 0.15) is 23.6 Å². The van der Waals surface area contributed by atoms with Gasteiger partial charge in [0.25, 0.3) is 5.91 Å². The van der Waals surface area contributed by atoms with Gasteiger partial charge in [-0.25, -0.2) is 0 Å². The fourth-order valence-corrected chi connectivity index (χ4v) is 4.52. The first kappa shape index (κ1) is 27.6. The number of benzene rings is 3. The number of carbonyl (C=O) groups excluding carboxylic acids is 2. The molecule has 0 bridgehead atoms. The van der Waals surface area contributed by atoms with E-state index in [0.29, 0.717) is 24.4 Å². The molecule has 0 aliphatic carbocycles. The summed E-state index contributed by atoms with van der Waals surface area (Å²) in [7, 11) is 0. The Bertz CT molecular complexity index is 1360. The highest BCUT2D eigenvalue weighted by molar-refractivity contribution is 5.99. The smallest absolute Gasteiger partial charge is 0.255 e. The van der Waals surface area contributed by atoms with Gasteiger partial charge >= 0.3 is 0 Å². The van der Waals surface area contributed by atoms with Crippen LogP contribution in [0.3, 0.4) is 0 Å². The Morgan fingerprint density at radius 1 is 0.923 bits per heavy atom. The average Bonchev–Trinajstić information content (AvgIpc) is 3.40. The molecule has 2 amide bonds. The van der Waals surface area contributed by atoms with Gasteiger partial charge in [0.15, 0.2) is 0 Å². The van der Waals surface area contributed by atoms with E-state index < -0.39 is 5.54 Å². The summed E-state index contributed by atoms with van der Waals surface area (Å²) < 4.78 is 7.42. The van der Waals surface area contributed by atoms with Crippen molar-refractivity contribution in [2.75, 3.05) is 0 Å². The van der Waals surface area contributed by atoms with Crippen LogP contribution in [0.25, 0.3) is 0 Å². The molecule has 0 spiro atoms. The number of amides is 2. The zero-order valence-corrected chi connectivity index (χ0v) is 22.8. The number of nitrogens with one attached hydrogen (secondary N) is 1. The van der Waals surface area contributed by atoms with E-state index in [2.05, 4.69) is 15.6 Å². The minimum atomic E-state index is -1.15. The highest BCUT2D eigenvalue weighted by atomic mass is 16.5. The highest BCUT2D eigenvalue weighted by Gasteiger charge is 2.41. The van der Waals surface area contributed by atoms with Gasteiger partial charge in [0, 0.05) is 11.6 Å². The number of aromatic nitrogens is 3. The maximum Gasteiger partial charge on any atom is 0.255 e. The van der Waals surface area contributed by atoms with Crippen LogP contribution in [0.2, 0.25) is 0 Å². The minimum Gasteiger partial charge on any atom is -0.487 e. The molecule has 0 aliphatic heterocycles. The first-order valence-corrected chi connectivity index (χ1v) is 13.1. The minimum absolute atomic E-state index is 0.209. The molecular weight excluding hydrogens is 490 g/mol. The van der Waals surface area contributed by atoms with Crippen molar-refractivity contribution in [2.45, 2.75) is 58.5 Å². The summed E-state index contributed by atoms with van der Waals surface area (Å²) in [5.74, 6) is 0.295. The lowest BCUT2D eigenvalue weighted by Gasteiger charge is -2.42. The van der Waals surface area contributed by atoms with Crippen LogP contribution in [-0.4, -0.2) is 43.3 Å². The monoisotopic (exact) mass is 525 g/mol. The van der Waals surface area contributed by atoms with E-state index in [1.807, 2.05) is 92.7 Å². The maximum absolute atomic E-state index is 13.8. The van der Waals surface area contributed by atoms with Gasteiger partial charge in [0.2, 0.25) is 5.91 Å². The van der Waals surface area contributed by atoms with Crippen LogP contribution in [0.1, 0.15) is 55.4 Å². The molecule has 4 rings (SSSR count). The molecule has 0 aliphatic rings. The molecule has 8 heteroatoms. The van der Waals surface area contributed by atoms with Crippen molar-refractivity contribution in [3.05, 3.63) is 114 Å². The van der Waals surface area contributed by atoms with E-state index in [0.717, 1.165) is 11.3 Å². The number of para-hydroxylation sites is 1. The number of carbonyl (C=O) groups is 2. The SMILES string of the molecule is C[C@@H](Cn1cc(COc2ccccc2)nn1)NC(=O)C(C)(C)N(C(=O)c1ccccc1)[C@@H](C)c1ccccc1. The van der Waals surface area contributed by atoms with Gasteiger partial charge in [0.05, 0.1) is 18.8 Å². The molecule has 1 N–H and O–H groups in total. The van der Waals surface area contributed by atoms with E-state index in [4.69, 9.17) is 4.74 Å². The quantitative estimate of drug-likeness (QED) is 0.296. The van der Waals surface area contributed by atoms with Gasteiger partial charge in [-0.3, -0.25) is 14.3 Å². The fourth-order valence-electron chi connectivity index (χ4n) is 4.52. The normalized spacial score (nSPS) is 12.8. The lowest BCUT2D eigenvalue weighted by atomic mass is 9.94. The zero-order valence-electron chi connectivity index (χ0n) is 22.8. The predicted octanol–water partition coefficient (Wildman–Crippen LogP) is 5.04. The topological polar surface area (TPSA) is 89.3 Å².